The molecule has 3 rings (SSSR count). The number of methoxy groups -OCH3 is 1. The molecule has 25 heavy (non-hydrogen) atoms. The summed E-state index contributed by atoms with van der Waals surface area (Å²) in [5.74, 6) is -0.330. The second kappa shape index (κ2) is 7.61. The second-order valence-electron chi connectivity index (χ2n) is 5.65. The van der Waals surface area contributed by atoms with Gasteiger partial charge in [-0.2, -0.15) is 4.31 Å². The minimum atomic E-state index is -3.63. The van der Waals surface area contributed by atoms with E-state index in [0.717, 1.165) is 5.01 Å². The van der Waals surface area contributed by atoms with Crippen LogP contribution in [0, 0.1) is 0 Å². The van der Waals surface area contributed by atoms with E-state index in [9.17, 15) is 13.2 Å². The Morgan fingerprint density at radius 1 is 1.48 bits per heavy atom. The fourth-order valence-corrected chi connectivity index (χ4v) is 4.74. The fraction of sp³-hybridized carbons (Fsp3) is 0.375. The summed E-state index contributed by atoms with van der Waals surface area (Å²) in [6, 6.07) is 6.09. The zero-order chi connectivity index (χ0) is 17.9. The van der Waals surface area contributed by atoms with Gasteiger partial charge >= 0.3 is 0 Å². The SMILES string of the molecule is COC1CCN(S(=O)(=O)c2cccc(C(=O)NCc3nccs3)c2)C1. The number of rotatable bonds is 6. The van der Waals surface area contributed by atoms with Crippen molar-refractivity contribution < 1.29 is 17.9 Å². The van der Waals surface area contributed by atoms with Crippen LogP contribution in [-0.4, -0.2) is 49.9 Å². The standard InChI is InChI=1S/C16H19N3O4S2/c1-23-13-5-7-19(11-13)25(21,22)14-4-2-3-12(9-14)16(20)18-10-15-17-6-8-24-15/h2-4,6,8-9,13H,5,7,10-11H2,1H3,(H,18,20). The maximum absolute atomic E-state index is 12.7. The topological polar surface area (TPSA) is 88.6 Å². The molecule has 0 spiro atoms. The van der Waals surface area contributed by atoms with Gasteiger partial charge in [0.15, 0.2) is 0 Å². The van der Waals surface area contributed by atoms with Gasteiger partial charge in [-0.05, 0) is 24.6 Å². The summed E-state index contributed by atoms with van der Waals surface area (Å²) in [6.45, 7) is 1.07. The first-order valence-electron chi connectivity index (χ1n) is 7.80. The minimum Gasteiger partial charge on any atom is -0.380 e. The highest BCUT2D eigenvalue weighted by molar-refractivity contribution is 7.89. The molecule has 2 aromatic rings. The number of amides is 1. The molecule has 7 nitrogen and oxygen atoms in total. The molecule has 1 aromatic heterocycles. The Morgan fingerprint density at radius 2 is 2.32 bits per heavy atom. The van der Waals surface area contributed by atoms with E-state index < -0.39 is 10.0 Å². The van der Waals surface area contributed by atoms with Crippen molar-refractivity contribution in [2.75, 3.05) is 20.2 Å². The molecule has 1 aliphatic heterocycles. The van der Waals surface area contributed by atoms with Gasteiger partial charge in [-0.3, -0.25) is 4.79 Å². The van der Waals surface area contributed by atoms with Crippen molar-refractivity contribution in [2.45, 2.75) is 24.0 Å². The molecule has 1 N–H and O–H groups in total. The van der Waals surface area contributed by atoms with Crippen LogP contribution in [-0.2, 0) is 21.3 Å². The molecule has 1 saturated heterocycles. The van der Waals surface area contributed by atoms with E-state index in [1.54, 1.807) is 25.4 Å². The van der Waals surface area contributed by atoms with Crippen molar-refractivity contribution in [1.29, 1.82) is 0 Å². The normalized spacial score (nSPS) is 18.4. The first kappa shape index (κ1) is 18.0. The highest BCUT2D eigenvalue weighted by Crippen LogP contribution is 2.23. The molecule has 0 aliphatic carbocycles. The van der Waals surface area contributed by atoms with Crippen molar-refractivity contribution in [3.8, 4) is 0 Å². The van der Waals surface area contributed by atoms with Crippen LogP contribution in [0.2, 0.25) is 0 Å². The van der Waals surface area contributed by atoms with E-state index in [1.165, 1.54) is 27.8 Å². The Balaban J connectivity index is 1.73. The number of hydrogen-bond donors (Lipinski definition) is 1. The van der Waals surface area contributed by atoms with Crippen LogP contribution in [0.3, 0.4) is 0 Å². The monoisotopic (exact) mass is 381 g/mol. The summed E-state index contributed by atoms with van der Waals surface area (Å²) in [7, 11) is -2.06. The maximum Gasteiger partial charge on any atom is 0.251 e. The maximum atomic E-state index is 12.7. The van der Waals surface area contributed by atoms with E-state index in [0.29, 0.717) is 31.6 Å². The summed E-state index contributed by atoms with van der Waals surface area (Å²) in [6.07, 6.45) is 2.26. The zero-order valence-electron chi connectivity index (χ0n) is 13.7. The van der Waals surface area contributed by atoms with Crippen LogP contribution in [0.4, 0.5) is 0 Å². The second-order valence-corrected chi connectivity index (χ2v) is 8.56. The Bertz CT molecular complexity index is 837. The highest BCUT2D eigenvalue weighted by atomic mass is 32.2. The number of aromatic nitrogens is 1. The molecule has 0 radical (unpaired) electrons. The smallest absolute Gasteiger partial charge is 0.251 e. The van der Waals surface area contributed by atoms with Crippen molar-refractivity contribution >= 4 is 27.3 Å². The number of nitrogens with zero attached hydrogens (tertiary/aromatic N) is 2. The largest absolute Gasteiger partial charge is 0.380 e. The third-order valence-corrected chi connectivity index (χ3v) is 6.70. The van der Waals surface area contributed by atoms with Gasteiger partial charge in [0.25, 0.3) is 5.91 Å². The molecule has 1 unspecified atom stereocenters. The lowest BCUT2D eigenvalue weighted by atomic mass is 10.2. The first-order valence-corrected chi connectivity index (χ1v) is 10.1. The van der Waals surface area contributed by atoms with Gasteiger partial charge in [-0.15, -0.1) is 11.3 Å². The molecule has 1 aromatic carbocycles. The first-order chi connectivity index (χ1) is 12.0. The van der Waals surface area contributed by atoms with Gasteiger partial charge in [0.2, 0.25) is 10.0 Å². The van der Waals surface area contributed by atoms with Crippen LogP contribution in [0.25, 0.3) is 0 Å². The van der Waals surface area contributed by atoms with E-state index in [-0.39, 0.29) is 16.9 Å². The van der Waals surface area contributed by atoms with Gasteiger partial charge in [-0.25, -0.2) is 13.4 Å². The fourth-order valence-electron chi connectivity index (χ4n) is 2.65. The molecule has 134 valence electrons. The Labute approximate surface area is 150 Å². The quantitative estimate of drug-likeness (QED) is 0.819. The van der Waals surface area contributed by atoms with Crippen molar-refractivity contribution in [3.05, 3.63) is 46.4 Å². The van der Waals surface area contributed by atoms with E-state index >= 15 is 0 Å². The molecule has 1 amide bonds. The number of ether oxygens (including phenoxy) is 1. The molecule has 1 aliphatic rings. The summed E-state index contributed by atoms with van der Waals surface area (Å²) in [4.78, 5) is 16.5. The molecular formula is C16H19N3O4S2. The lowest BCUT2D eigenvalue weighted by Gasteiger charge is -2.16. The molecule has 9 heteroatoms. The molecular weight excluding hydrogens is 362 g/mol. The van der Waals surface area contributed by atoms with Crippen molar-refractivity contribution in [1.82, 2.24) is 14.6 Å². The number of carbonyl (C=O) groups is 1. The summed E-state index contributed by atoms with van der Waals surface area (Å²) in [5.41, 5.74) is 0.306. The molecule has 0 bridgehead atoms. The number of carbonyl (C=O) groups excluding carboxylic acids is 1. The average molecular weight is 381 g/mol. The Hall–Kier alpha value is -1.81. The van der Waals surface area contributed by atoms with Gasteiger partial charge in [-0.1, -0.05) is 6.07 Å². The van der Waals surface area contributed by atoms with Crippen LogP contribution in [0.15, 0.2) is 40.7 Å². The van der Waals surface area contributed by atoms with E-state index in [2.05, 4.69) is 10.3 Å². The Morgan fingerprint density at radius 3 is 3.00 bits per heavy atom. The molecule has 1 fully saturated rings. The molecule has 1 atom stereocenters. The lowest BCUT2D eigenvalue weighted by Crippen LogP contribution is -2.30. The third-order valence-electron chi connectivity index (χ3n) is 4.06. The number of nitrogens with one attached hydrogen (secondary N) is 1. The predicted octanol–water partition coefficient (Wildman–Crippen LogP) is 1.48. The number of thiazole rings is 1. The lowest BCUT2D eigenvalue weighted by molar-refractivity contribution is 0.0950. The predicted molar refractivity (Wildman–Crippen MR) is 93.9 cm³/mol. The summed E-state index contributed by atoms with van der Waals surface area (Å²) >= 11 is 1.45. The molecule has 2 heterocycles. The van der Waals surface area contributed by atoms with Crippen LogP contribution in [0.5, 0.6) is 0 Å². The summed E-state index contributed by atoms with van der Waals surface area (Å²) in [5, 5.41) is 5.37. The van der Waals surface area contributed by atoms with Gasteiger partial charge in [0.1, 0.15) is 5.01 Å². The van der Waals surface area contributed by atoms with Crippen LogP contribution >= 0.6 is 11.3 Å². The van der Waals surface area contributed by atoms with Gasteiger partial charge < -0.3 is 10.1 Å². The highest BCUT2D eigenvalue weighted by Gasteiger charge is 2.32. The zero-order valence-corrected chi connectivity index (χ0v) is 15.3. The van der Waals surface area contributed by atoms with Crippen LogP contribution < -0.4 is 5.32 Å². The van der Waals surface area contributed by atoms with Gasteiger partial charge in [0, 0.05) is 37.3 Å². The van der Waals surface area contributed by atoms with Crippen LogP contribution in [0.1, 0.15) is 21.8 Å². The van der Waals surface area contributed by atoms with Crippen molar-refractivity contribution in [2.24, 2.45) is 0 Å². The number of benzene rings is 1. The average Bonchev–Trinajstić information content (AvgIpc) is 3.31. The van der Waals surface area contributed by atoms with E-state index in [4.69, 9.17) is 4.74 Å². The molecule has 0 saturated carbocycles. The number of hydrogen-bond acceptors (Lipinski definition) is 6. The summed E-state index contributed by atoms with van der Waals surface area (Å²) < 4.78 is 32.1. The van der Waals surface area contributed by atoms with Gasteiger partial charge in [0.05, 0.1) is 17.5 Å². The minimum absolute atomic E-state index is 0.0837. The van der Waals surface area contributed by atoms with Crippen molar-refractivity contribution in [3.63, 3.8) is 0 Å². The Kier molecular flexibility index (Phi) is 5.48. The van der Waals surface area contributed by atoms with E-state index in [1.807, 2.05) is 5.38 Å². The number of sulfonamides is 1. The third kappa shape index (κ3) is 4.06.